The summed E-state index contributed by atoms with van der Waals surface area (Å²) in [5.74, 6) is 0. The summed E-state index contributed by atoms with van der Waals surface area (Å²) < 4.78 is 5.65. The van der Waals surface area contributed by atoms with E-state index >= 15 is 0 Å². The Morgan fingerprint density at radius 3 is 2.45 bits per heavy atom. The molecule has 1 aromatic carbocycles. The molecular formula is C18H22N2O2. The van der Waals surface area contributed by atoms with E-state index in [0.29, 0.717) is 26.1 Å². The molecule has 4 heteroatoms. The molecule has 4 nitrogen and oxygen atoms in total. The van der Waals surface area contributed by atoms with Gasteiger partial charge in [-0.3, -0.25) is 4.90 Å². The summed E-state index contributed by atoms with van der Waals surface area (Å²) in [4.78, 5) is 2.35. The van der Waals surface area contributed by atoms with Gasteiger partial charge in [-0.1, -0.05) is 24.3 Å². The quantitative estimate of drug-likeness (QED) is 0.906. The molecule has 0 amide bonds. The fourth-order valence-electron chi connectivity index (χ4n) is 4.07. The molecule has 116 valence electrons. The minimum atomic E-state index is -0.798. The second-order valence-electron chi connectivity index (χ2n) is 7.23. The third kappa shape index (κ3) is 2.08. The van der Waals surface area contributed by atoms with E-state index < -0.39 is 5.60 Å². The third-order valence-electron chi connectivity index (χ3n) is 5.84. The number of likely N-dealkylation sites (N-methyl/N-ethyl adjacent to an activating group) is 1. The monoisotopic (exact) mass is 298 g/mol. The molecule has 2 saturated heterocycles. The maximum atomic E-state index is 11.3. The Balaban J connectivity index is 1.67. The zero-order valence-corrected chi connectivity index (χ0v) is 13.0. The lowest BCUT2D eigenvalue weighted by Crippen LogP contribution is -2.59. The van der Waals surface area contributed by atoms with Crippen LogP contribution in [0, 0.1) is 11.3 Å². The Kier molecular flexibility index (Phi) is 3.09. The summed E-state index contributed by atoms with van der Waals surface area (Å²) in [5, 5.41) is 20.7. The molecule has 0 spiro atoms. The molecule has 0 radical (unpaired) electrons. The molecule has 0 aromatic heterocycles. The Bertz CT molecular complexity index is 618. The predicted molar refractivity (Wildman–Crippen MR) is 82.3 cm³/mol. The van der Waals surface area contributed by atoms with Crippen molar-refractivity contribution in [2.24, 2.45) is 0 Å². The highest BCUT2D eigenvalue weighted by molar-refractivity contribution is 5.42. The van der Waals surface area contributed by atoms with Gasteiger partial charge in [-0.25, -0.2) is 0 Å². The van der Waals surface area contributed by atoms with Crippen molar-refractivity contribution in [1.29, 1.82) is 5.26 Å². The van der Waals surface area contributed by atoms with E-state index in [1.165, 1.54) is 0 Å². The van der Waals surface area contributed by atoms with Crippen LogP contribution < -0.4 is 0 Å². The van der Waals surface area contributed by atoms with Crippen LogP contribution in [0.2, 0.25) is 0 Å². The zero-order valence-electron chi connectivity index (χ0n) is 13.0. The van der Waals surface area contributed by atoms with Crippen LogP contribution in [0.1, 0.15) is 36.8 Å². The van der Waals surface area contributed by atoms with Crippen LogP contribution in [0.25, 0.3) is 0 Å². The van der Waals surface area contributed by atoms with Gasteiger partial charge in [0, 0.05) is 12.1 Å². The van der Waals surface area contributed by atoms with E-state index in [-0.39, 0.29) is 17.5 Å². The Hall–Kier alpha value is -1.41. The smallest absolute Gasteiger partial charge is 0.0928 e. The zero-order chi connectivity index (χ0) is 15.4. The lowest BCUT2D eigenvalue weighted by Gasteiger charge is -2.50. The molecule has 22 heavy (non-hydrogen) atoms. The lowest BCUT2D eigenvalue weighted by atomic mass is 9.76. The number of nitriles is 1. The number of morpholine rings is 1. The predicted octanol–water partition coefficient (Wildman–Crippen LogP) is 1.92. The van der Waals surface area contributed by atoms with Crippen LogP contribution in [0.15, 0.2) is 24.3 Å². The highest BCUT2D eigenvalue weighted by atomic mass is 16.5. The number of piperidine rings is 1. The molecule has 1 N–H and O–H groups in total. The van der Waals surface area contributed by atoms with Crippen molar-refractivity contribution in [2.75, 3.05) is 20.3 Å². The summed E-state index contributed by atoms with van der Waals surface area (Å²) in [7, 11) is 2.13. The largest absolute Gasteiger partial charge is 0.385 e. The minimum absolute atomic E-state index is 0.270. The number of rotatable bonds is 2. The summed E-state index contributed by atoms with van der Waals surface area (Å²) in [6.07, 6.45) is 3.27. The molecular weight excluding hydrogens is 276 g/mol. The second-order valence-corrected chi connectivity index (χ2v) is 7.23. The second kappa shape index (κ2) is 4.79. The van der Waals surface area contributed by atoms with Crippen molar-refractivity contribution in [2.45, 2.75) is 48.8 Å². The van der Waals surface area contributed by atoms with Crippen molar-refractivity contribution in [1.82, 2.24) is 4.90 Å². The van der Waals surface area contributed by atoms with Crippen LogP contribution in [0.4, 0.5) is 0 Å². The van der Waals surface area contributed by atoms with Crippen LogP contribution in [0.3, 0.4) is 0 Å². The average molecular weight is 298 g/mol. The molecule has 2 heterocycles. The molecule has 3 fully saturated rings. The highest BCUT2D eigenvalue weighted by Crippen LogP contribution is 2.49. The van der Waals surface area contributed by atoms with Gasteiger partial charge >= 0.3 is 0 Å². The molecule has 2 unspecified atom stereocenters. The molecule has 1 aliphatic carbocycles. The van der Waals surface area contributed by atoms with Gasteiger partial charge < -0.3 is 9.84 Å². The van der Waals surface area contributed by atoms with Gasteiger partial charge in [-0.05, 0) is 43.9 Å². The first kappa shape index (κ1) is 14.2. The maximum Gasteiger partial charge on any atom is 0.0928 e. The van der Waals surface area contributed by atoms with E-state index in [1.807, 2.05) is 18.2 Å². The number of hydrogen-bond acceptors (Lipinski definition) is 4. The normalized spacial score (nSPS) is 36.6. The minimum Gasteiger partial charge on any atom is -0.385 e. The molecule has 2 bridgehead atoms. The summed E-state index contributed by atoms with van der Waals surface area (Å²) >= 11 is 0. The van der Waals surface area contributed by atoms with Crippen molar-refractivity contribution in [3.8, 4) is 6.07 Å². The number of aliphatic hydroxyl groups is 1. The lowest BCUT2D eigenvalue weighted by molar-refractivity contribution is -0.137. The first-order valence-corrected chi connectivity index (χ1v) is 8.11. The van der Waals surface area contributed by atoms with Crippen LogP contribution >= 0.6 is 0 Å². The standard InChI is InChI=1S/C18H22N2O2/c1-20-15-8-18(21,9-16(20)11-22-10-15)14-4-2-3-13(7-14)17(12-19)5-6-17/h2-4,7,15-16,21H,5-6,8-11H2,1H3. The number of hydrogen-bond donors (Lipinski definition) is 1. The third-order valence-corrected chi connectivity index (χ3v) is 5.84. The van der Waals surface area contributed by atoms with Gasteiger partial charge in [0.2, 0.25) is 0 Å². The Morgan fingerprint density at radius 1 is 1.23 bits per heavy atom. The Morgan fingerprint density at radius 2 is 1.86 bits per heavy atom. The van der Waals surface area contributed by atoms with Crippen LogP contribution in [0.5, 0.6) is 0 Å². The molecule has 3 aliphatic rings. The van der Waals surface area contributed by atoms with Gasteiger partial charge in [0.25, 0.3) is 0 Å². The van der Waals surface area contributed by atoms with E-state index in [9.17, 15) is 10.4 Å². The van der Waals surface area contributed by atoms with E-state index in [1.54, 1.807) is 0 Å². The topological polar surface area (TPSA) is 56.5 Å². The number of ether oxygens (including phenoxy) is 1. The van der Waals surface area contributed by atoms with E-state index in [2.05, 4.69) is 24.1 Å². The van der Waals surface area contributed by atoms with Gasteiger partial charge in [-0.2, -0.15) is 5.26 Å². The van der Waals surface area contributed by atoms with Crippen LogP contribution in [-0.4, -0.2) is 42.4 Å². The van der Waals surface area contributed by atoms with Crippen molar-refractivity contribution in [3.63, 3.8) is 0 Å². The van der Waals surface area contributed by atoms with E-state index in [4.69, 9.17) is 4.74 Å². The molecule has 1 aromatic rings. The fourth-order valence-corrected chi connectivity index (χ4v) is 4.07. The number of fused-ring (bicyclic) bond motifs is 2. The number of benzene rings is 1. The summed E-state index contributed by atoms with van der Waals surface area (Å²) in [6.45, 7) is 1.38. The fraction of sp³-hybridized carbons (Fsp3) is 0.611. The van der Waals surface area contributed by atoms with Crippen molar-refractivity contribution >= 4 is 0 Å². The van der Waals surface area contributed by atoms with Gasteiger partial charge in [0.15, 0.2) is 0 Å². The maximum absolute atomic E-state index is 11.3. The van der Waals surface area contributed by atoms with Gasteiger partial charge in [0.05, 0.1) is 30.3 Å². The first-order valence-electron chi connectivity index (χ1n) is 8.11. The SMILES string of the molecule is CN1C2COCC1CC(O)(c1cccc(C3(C#N)CC3)c1)C2. The van der Waals surface area contributed by atoms with Gasteiger partial charge in [0.1, 0.15) is 0 Å². The molecule has 4 rings (SSSR count). The molecule has 1 saturated carbocycles. The summed E-state index contributed by atoms with van der Waals surface area (Å²) in [5.41, 5.74) is 0.946. The molecule has 2 aliphatic heterocycles. The Labute approximate surface area is 131 Å². The summed E-state index contributed by atoms with van der Waals surface area (Å²) in [6, 6.07) is 11.1. The van der Waals surface area contributed by atoms with Crippen LogP contribution in [-0.2, 0) is 15.8 Å². The highest BCUT2D eigenvalue weighted by Gasteiger charge is 2.48. The first-order chi connectivity index (χ1) is 10.6. The van der Waals surface area contributed by atoms with Gasteiger partial charge in [-0.15, -0.1) is 0 Å². The average Bonchev–Trinajstić information content (AvgIpc) is 3.31. The van der Waals surface area contributed by atoms with E-state index in [0.717, 1.165) is 24.0 Å². The number of nitrogens with zero attached hydrogens (tertiary/aromatic N) is 2. The van der Waals surface area contributed by atoms with Crippen molar-refractivity contribution in [3.05, 3.63) is 35.4 Å². The van der Waals surface area contributed by atoms with Crippen molar-refractivity contribution < 1.29 is 9.84 Å². The molecule has 2 atom stereocenters.